The Kier molecular flexibility index (Phi) is 24.8. The number of quaternary nitrogens is 1. The summed E-state index contributed by atoms with van der Waals surface area (Å²) in [5, 5.41) is 0. The molecule has 0 aliphatic rings. The van der Waals surface area contributed by atoms with E-state index in [-0.39, 0.29) is 31.3 Å². The highest BCUT2D eigenvalue weighted by Gasteiger charge is 2.21. The van der Waals surface area contributed by atoms with E-state index in [0.717, 1.165) is 37.1 Å². The van der Waals surface area contributed by atoms with Crippen LogP contribution in [0.5, 0.6) is 5.75 Å². The molecule has 0 saturated carbocycles. The first kappa shape index (κ1) is 42.8. The molecule has 0 radical (unpaired) electrons. The zero-order valence-electron chi connectivity index (χ0n) is 30.4. The summed E-state index contributed by atoms with van der Waals surface area (Å²) in [7, 11) is -0.423. The first-order chi connectivity index (χ1) is 22.1. The smallest absolute Gasteiger partial charge is 0.268 e. The number of unbranched alkanes of at least 4 members (excludes halogenated alkanes) is 15. The molecule has 0 bridgehead atoms. The van der Waals surface area contributed by atoms with Crippen molar-refractivity contribution < 1.29 is 32.5 Å². The molecule has 0 aliphatic carbocycles. The van der Waals surface area contributed by atoms with Crippen LogP contribution in [0.25, 0.3) is 0 Å². The molecule has 0 amide bonds. The fraction of sp³-hybridized carbons (Fsp3) is 0.816. The van der Waals surface area contributed by atoms with Crippen LogP contribution in [0.3, 0.4) is 0 Å². The van der Waals surface area contributed by atoms with Crippen LogP contribution in [-0.2, 0) is 24.8 Å². The van der Waals surface area contributed by atoms with E-state index in [9.17, 15) is 14.3 Å². The first-order valence-corrected chi connectivity index (χ1v) is 20.2. The summed E-state index contributed by atoms with van der Waals surface area (Å²) in [6.45, 7) is 8.37. The molecule has 0 aromatic heterocycles. The highest BCUT2D eigenvalue weighted by atomic mass is 31.2. The molecule has 8 heteroatoms. The number of benzene rings is 1. The number of likely N-dealkylation sites (N-methyl/N-ethyl adjacent to an activating group) is 1. The number of hydrogen-bond acceptors (Lipinski definition) is 6. The molecule has 268 valence electrons. The van der Waals surface area contributed by atoms with Gasteiger partial charge < -0.3 is 23.2 Å². The minimum Gasteiger partial charge on any atom is -0.756 e. The Labute approximate surface area is 283 Å². The van der Waals surface area contributed by atoms with Crippen molar-refractivity contribution in [2.24, 2.45) is 5.92 Å². The fourth-order valence-corrected chi connectivity index (χ4v) is 6.41. The number of ketones is 1. The summed E-state index contributed by atoms with van der Waals surface area (Å²) in [5.41, 5.74) is 0.973. The molecular formula is C38H70NO6P. The third kappa shape index (κ3) is 23.1. The van der Waals surface area contributed by atoms with E-state index >= 15 is 0 Å². The fourth-order valence-electron chi connectivity index (χ4n) is 5.64. The summed E-state index contributed by atoms with van der Waals surface area (Å²) in [5.74, 6) is 0.636. The van der Waals surface area contributed by atoms with Crippen LogP contribution in [0, 0.1) is 5.92 Å². The van der Waals surface area contributed by atoms with E-state index in [0.29, 0.717) is 30.5 Å². The van der Waals surface area contributed by atoms with Crippen molar-refractivity contribution in [2.45, 2.75) is 149 Å². The van der Waals surface area contributed by atoms with Crippen molar-refractivity contribution in [3.8, 4) is 5.75 Å². The monoisotopic (exact) mass is 667 g/mol. The lowest BCUT2D eigenvalue weighted by Gasteiger charge is -2.30. The van der Waals surface area contributed by atoms with E-state index in [1.54, 1.807) is 0 Å². The van der Waals surface area contributed by atoms with Crippen molar-refractivity contribution in [1.82, 2.24) is 0 Å². The van der Waals surface area contributed by atoms with Gasteiger partial charge in [0.2, 0.25) is 0 Å². The Bertz CT molecular complexity index is 940. The summed E-state index contributed by atoms with van der Waals surface area (Å²) >= 11 is 0. The van der Waals surface area contributed by atoms with Gasteiger partial charge in [0.25, 0.3) is 7.82 Å². The molecule has 2 unspecified atom stereocenters. The van der Waals surface area contributed by atoms with Crippen LogP contribution in [0.1, 0.15) is 148 Å². The number of rotatable bonds is 32. The van der Waals surface area contributed by atoms with Gasteiger partial charge in [0.1, 0.15) is 24.7 Å². The van der Waals surface area contributed by atoms with Crippen molar-refractivity contribution >= 4 is 13.6 Å². The van der Waals surface area contributed by atoms with Crippen LogP contribution >= 0.6 is 7.82 Å². The summed E-state index contributed by atoms with van der Waals surface area (Å²) in [4.78, 5) is 25.0. The topological polar surface area (TPSA) is 84.9 Å². The van der Waals surface area contributed by atoms with Crippen molar-refractivity contribution in [3.05, 3.63) is 29.8 Å². The predicted octanol–water partition coefficient (Wildman–Crippen LogP) is 9.84. The lowest BCUT2D eigenvalue weighted by Crippen LogP contribution is -2.41. The highest BCUT2D eigenvalue weighted by molar-refractivity contribution is 7.45. The molecule has 2 atom stereocenters. The standard InChI is InChI=1S/C38H70NO6P/c1-6-9-10-11-12-13-14-15-16-17-18-19-20-21-22-25-30-43-38-28-24-23-27-36(38)32-35(33-37(40)26-7-2)34-45-46(41,42)44-31-29-39(4,5)8-3/h23-24,27-28,35H,6-22,25-26,29-34H2,1-5H3. The largest absolute Gasteiger partial charge is 0.756 e. The maximum Gasteiger partial charge on any atom is 0.268 e. The molecule has 0 aliphatic heterocycles. The third-order valence-corrected chi connectivity index (χ3v) is 10.0. The number of ether oxygens (including phenoxy) is 1. The molecular weight excluding hydrogens is 597 g/mol. The van der Waals surface area contributed by atoms with E-state index in [4.69, 9.17) is 13.8 Å². The molecule has 0 N–H and O–H groups in total. The Morgan fingerprint density at radius 3 is 1.85 bits per heavy atom. The number of carbonyl (C=O) groups is 1. The van der Waals surface area contributed by atoms with Crippen molar-refractivity contribution in [1.29, 1.82) is 0 Å². The summed E-state index contributed by atoms with van der Waals surface area (Å²) in [6, 6.07) is 7.87. The first-order valence-electron chi connectivity index (χ1n) is 18.8. The average molecular weight is 668 g/mol. The zero-order chi connectivity index (χ0) is 33.9. The molecule has 0 saturated heterocycles. The average Bonchev–Trinajstić information content (AvgIpc) is 3.02. The van der Waals surface area contributed by atoms with Gasteiger partial charge in [-0.25, -0.2) is 0 Å². The van der Waals surface area contributed by atoms with Gasteiger partial charge in [-0.05, 0) is 43.7 Å². The van der Waals surface area contributed by atoms with Gasteiger partial charge in [-0.3, -0.25) is 9.36 Å². The van der Waals surface area contributed by atoms with E-state index in [1.807, 2.05) is 52.2 Å². The maximum absolute atomic E-state index is 12.5. The molecule has 7 nitrogen and oxygen atoms in total. The number of para-hydroxylation sites is 1. The SMILES string of the molecule is CCCCCCCCCCCCCCCCCCOc1ccccc1CC(COP(=O)([O-])OCC[N+](C)(C)CC)CC(=O)CCC. The van der Waals surface area contributed by atoms with Crippen LogP contribution in [0.15, 0.2) is 24.3 Å². The van der Waals surface area contributed by atoms with E-state index < -0.39 is 7.82 Å². The van der Waals surface area contributed by atoms with Gasteiger partial charge in [0.15, 0.2) is 0 Å². The molecule has 46 heavy (non-hydrogen) atoms. The highest BCUT2D eigenvalue weighted by Crippen LogP contribution is 2.39. The molecule has 1 aromatic rings. The Morgan fingerprint density at radius 2 is 1.30 bits per heavy atom. The second kappa shape index (κ2) is 26.7. The quantitative estimate of drug-likeness (QED) is 0.0432. The Morgan fingerprint density at radius 1 is 0.761 bits per heavy atom. The van der Waals surface area contributed by atoms with E-state index in [2.05, 4.69) is 6.92 Å². The normalized spacial score (nSPS) is 13.9. The van der Waals surface area contributed by atoms with Crippen molar-refractivity contribution in [2.75, 3.05) is 47.0 Å². The number of carbonyl (C=O) groups excluding carboxylic acids is 1. The number of nitrogens with zero attached hydrogens (tertiary/aromatic N) is 1. The predicted molar refractivity (Wildman–Crippen MR) is 190 cm³/mol. The Hall–Kier alpha value is -1.24. The number of Topliss-reactive ketones (excluding diaryl/α,β-unsaturated/α-hetero) is 1. The van der Waals surface area contributed by atoms with Gasteiger partial charge in [-0.2, -0.15) is 0 Å². The second-order valence-corrected chi connectivity index (χ2v) is 15.3. The molecule has 1 rings (SSSR count). The maximum atomic E-state index is 12.5. The van der Waals surface area contributed by atoms with Gasteiger partial charge >= 0.3 is 0 Å². The summed E-state index contributed by atoms with van der Waals surface area (Å²) in [6.07, 6.45) is 23.4. The number of hydrogen-bond donors (Lipinski definition) is 0. The molecule has 0 heterocycles. The second-order valence-electron chi connectivity index (χ2n) is 13.9. The Balaban J connectivity index is 2.38. The lowest BCUT2D eigenvalue weighted by molar-refractivity contribution is -0.888. The van der Waals surface area contributed by atoms with Crippen LogP contribution < -0.4 is 9.63 Å². The van der Waals surface area contributed by atoms with Crippen LogP contribution in [0.4, 0.5) is 0 Å². The van der Waals surface area contributed by atoms with Crippen molar-refractivity contribution in [3.63, 3.8) is 0 Å². The molecule has 0 spiro atoms. The minimum absolute atomic E-state index is 0.0665. The zero-order valence-corrected chi connectivity index (χ0v) is 31.3. The van der Waals surface area contributed by atoms with Crippen LogP contribution in [0.2, 0.25) is 0 Å². The number of phosphoric acid groups is 1. The van der Waals surface area contributed by atoms with Gasteiger partial charge in [-0.1, -0.05) is 128 Å². The number of phosphoric ester groups is 1. The summed E-state index contributed by atoms with van der Waals surface area (Å²) < 4.78 is 29.8. The molecule has 1 aromatic carbocycles. The van der Waals surface area contributed by atoms with Gasteiger partial charge in [0, 0.05) is 12.8 Å². The minimum atomic E-state index is -4.47. The van der Waals surface area contributed by atoms with Crippen LogP contribution in [-0.4, -0.2) is 57.3 Å². The molecule has 0 fully saturated rings. The third-order valence-electron chi connectivity index (χ3n) is 9.05. The van der Waals surface area contributed by atoms with E-state index in [1.165, 1.54) is 89.9 Å². The van der Waals surface area contributed by atoms with Gasteiger partial charge in [-0.15, -0.1) is 0 Å². The lowest BCUT2D eigenvalue weighted by atomic mass is 9.93. The van der Waals surface area contributed by atoms with Gasteiger partial charge in [0.05, 0.1) is 33.9 Å².